The van der Waals surface area contributed by atoms with E-state index >= 15 is 0 Å². The number of hydrogen-bond acceptors (Lipinski definition) is 4. The standard InChI is InChI=1S/C15H20O3S/c1-11(16)13-5-3-4-6-14(13)18-9-10-19-15-7-8-17-12(15)2/h3-6,12,15H,7-10H2,1-2H3. The molecule has 0 aliphatic carbocycles. The van der Waals surface area contributed by atoms with Crippen LogP contribution < -0.4 is 4.74 Å². The molecule has 1 saturated heterocycles. The first-order valence-electron chi connectivity index (χ1n) is 6.64. The lowest BCUT2D eigenvalue weighted by atomic mass is 10.1. The normalized spacial score (nSPS) is 22.4. The molecule has 0 bridgehead atoms. The molecule has 1 aliphatic heterocycles. The van der Waals surface area contributed by atoms with E-state index in [1.54, 1.807) is 13.0 Å². The highest BCUT2D eigenvalue weighted by Crippen LogP contribution is 2.26. The molecule has 0 radical (unpaired) electrons. The fourth-order valence-corrected chi connectivity index (χ4v) is 3.26. The number of hydrogen-bond donors (Lipinski definition) is 0. The van der Waals surface area contributed by atoms with Crippen molar-refractivity contribution in [2.45, 2.75) is 31.6 Å². The van der Waals surface area contributed by atoms with E-state index in [1.165, 1.54) is 0 Å². The number of Topliss-reactive ketones (excluding diaryl/α,β-unsaturated/α-hetero) is 1. The highest BCUT2D eigenvalue weighted by atomic mass is 32.2. The van der Waals surface area contributed by atoms with Crippen molar-refractivity contribution in [3.8, 4) is 5.75 Å². The lowest BCUT2D eigenvalue weighted by molar-refractivity contribution is 0.101. The average molecular weight is 280 g/mol. The summed E-state index contributed by atoms with van der Waals surface area (Å²) in [5, 5.41) is 0.576. The number of benzene rings is 1. The quantitative estimate of drug-likeness (QED) is 0.592. The number of ether oxygens (including phenoxy) is 2. The van der Waals surface area contributed by atoms with Crippen LogP contribution in [0.1, 0.15) is 30.6 Å². The predicted octanol–water partition coefficient (Wildman–Crippen LogP) is 3.18. The van der Waals surface area contributed by atoms with E-state index in [2.05, 4.69) is 6.92 Å². The molecule has 1 fully saturated rings. The van der Waals surface area contributed by atoms with E-state index in [0.29, 0.717) is 29.3 Å². The second kappa shape index (κ2) is 6.96. The minimum absolute atomic E-state index is 0.0427. The summed E-state index contributed by atoms with van der Waals surface area (Å²) in [5.74, 6) is 1.65. The summed E-state index contributed by atoms with van der Waals surface area (Å²) in [6.45, 7) is 5.18. The lowest BCUT2D eigenvalue weighted by Gasteiger charge is -2.14. The SMILES string of the molecule is CC(=O)c1ccccc1OCCSC1CCOC1C. The van der Waals surface area contributed by atoms with Gasteiger partial charge < -0.3 is 9.47 Å². The second-order valence-corrected chi connectivity index (χ2v) is 6.02. The van der Waals surface area contributed by atoms with Gasteiger partial charge in [-0.2, -0.15) is 11.8 Å². The average Bonchev–Trinajstić information content (AvgIpc) is 2.80. The van der Waals surface area contributed by atoms with E-state index in [1.807, 2.05) is 30.0 Å². The van der Waals surface area contributed by atoms with Gasteiger partial charge in [0, 0.05) is 17.6 Å². The van der Waals surface area contributed by atoms with Crippen molar-refractivity contribution < 1.29 is 14.3 Å². The Morgan fingerprint density at radius 1 is 1.47 bits per heavy atom. The topological polar surface area (TPSA) is 35.5 Å². The van der Waals surface area contributed by atoms with Crippen LogP contribution in [0.15, 0.2) is 24.3 Å². The maximum absolute atomic E-state index is 11.4. The van der Waals surface area contributed by atoms with Gasteiger partial charge in [0.1, 0.15) is 5.75 Å². The maximum Gasteiger partial charge on any atom is 0.163 e. The summed E-state index contributed by atoms with van der Waals surface area (Å²) in [6.07, 6.45) is 1.46. The van der Waals surface area contributed by atoms with Crippen LogP contribution in [-0.2, 0) is 4.74 Å². The number of ketones is 1. The fraction of sp³-hybridized carbons (Fsp3) is 0.533. The summed E-state index contributed by atoms with van der Waals surface area (Å²) in [4.78, 5) is 11.4. The molecule has 104 valence electrons. The van der Waals surface area contributed by atoms with Crippen LogP contribution in [-0.4, -0.2) is 36.1 Å². The van der Waals surface area contributed by atoms with Crippen molar-refractivity contribution in [3.05, 3.63) is 29.8 Å². The Hall–Kier alpha value is -1.00. The number of rotatable bonds is 6. The molecule has 0 spiro atoms. The zero-order valence-corrected chi connectivity index (χ0v) is 12.2. The number of carbonyl (C=O) groups excluding carboxylic acids is 1. The van der Waals surface area contributed by atoms with Crippen LogP contribution in [0.4, 0.5) is 0 Å². The van der Waals surface area contributed by atoms with Crippen molar-refractivity contribution in [1.82, 2.24) is 0 Å². The Bertz CT molecular complexity index is 433. The molecular weight excluding hydrogens is 260 g/mol. The van der Waals surface area contributed by atoms with E-state index in [9.17, 15) is 4.79 Å². The molecule has 3 nitrogen and oxygen atoms in total. The molecule has 1 aromatic rings. The van der Waals surface area contributed by atoms with E-state index in [0.717, 1.165) is 18.8 Å². The minimum atomic E-state index is 0.0427. The van der Waals surface area contributed by atoms with Crippen molar-refractivity contribution in [3.63, 3.8) is 0 Å². The molecule has 0 N–H and O–H groups in total. The molecule has 1 aromatic carbocycles. The van der Waals surface area contributed by atoms with Gasteiger partial charge in [0.15, 0.2) is 5.78 Å². The van der Waals surface area contributed by atoms with Gasteiger partial charge in [0.05, 0.1) is 18.3 Å². The van der Waals surface area contributed by atoms with Gasteiger partial charge in [-0.25, -0.2) is 0 Å². The predicted molar refractivity (Wildman–Crippen MR) is 78.2 cm³/mol. The third kappa shape index (κ3) is 3.98. The minimum Gasteiger partial charge on any atom is -0.492 e. The zero-order chi connectivity index (χ0) is 13.7. The molecule has 0 aromatic heterocycles. The summed E-state index contributed by atoms with van der Waals surface area (Å²) in [7, 11) is 0. The molecule has 1 heterocycles. The number of para-hydroxylation sites is 1. The van der Waals surface area contributed by atoms with Crippen LogP contribution in [0.3, 0.4) is 0 Å². The molecule has 19 heavy (non-hydrogen) atoms. The Balaban J connectivity index is 1.78. The first kappa shape index (κ1) is 14.4. The summed E-state index contributed by atoms with van der Waals surface area (Å²) < 4.78 is 11.2. The van der Waals surface area contributed by atoms with Gasteiger partial charge in [-0.1, -0.05) is 12.1 Å². The van der Waals surface area contributed by atoms with Gasteiger partial charge in [0.25, 0.3) is 0 Å². The first-order valence-corrected chi connectivity index (χ1v) is 7.69. The molecule has 0 saturated carbocycles. The van der Waals surface area contributed by atoms with Crippen LogP contribution >= 0.6 is 11.8 Å². The van der Waals surface area contributed by atoms with E-state index in [4.69, 9.17) is 9.47 Å². The van der Waals surface area contributed by atoms with Crippen molar-refractivity contribution >= 4 is 17.5 Å². The van der Waals surface area contributed by atoms with Gasteiger partial charge in [-0.15, -0.1) is 0 Å². The number of thioether (sulfide) groups is 1. The van der Waals surface area contributed by atoms with Crippen LogP contribution in [0.25, 0.3) is 0 Å². The first-order chi connectivity index (χ1) is 9.18. The zero-order valence-electron chi connectivity index (χ0n) is 11.4. The highest BCUT2D eigenvalue weighted by Gasteiger charge is 2.24. The lowest BCUT2D eigenvalue weighted by Crippen LogP contribution is -2.15. The summed E-state index contributed by atoms with van der Waals surface area (Å²) in [5.41, 5.74) is 0.657. The van der Waals surface area contributed by atoms with Gasteiger partial charge >= 0.3 is 0 Å². The molecule has 2 unspecified atom stereocenters. The Morgan fingerprint density at radius 3 is 2.95 bits per heavy atom. The maximum atomic E-state index is 11.4. The molecule has 2 atom stereocenters. The van der Waals surface area contributed by atoms with Crippen molar-refractivity contribution in [2.75, 3.05) is 19.0 Å². The third-order valence-electron chi connectivity index (χ3n) is 3.25. The van der Waals surface area contributed by atoms with Crippen LogP contribution in [0, 0.1) is 0 Å². The summed E-state index contributed by atoms with van der Waals surface area (Å²) >= 11 is 1.89. The van der Waals surface area contributed by atoms with Crippen LogP contribution in [0.5, 0.6) is 5.75 Å². The Morgan fingerprint density at radius 2 is 2.26 bits per heavy atom. The molecule has 0 amide bonds. The molecular formula is C15H20O3S. The fourth-order valence-electron chi connectivity index (χ4n) is 2.17. The Kier molecular flexibility index (Phi) is 5.28. The van der Waals surface area contributed by atoms with Gasteiger partial charge in [-0.05, 0) is 32.4 Å². The second-order valence-electron chi connectivity index (χ2n) is 4.67. The van der Waals surface area contributed by atoms with E-state index < -0.39 is 0 Å². The van der Waals surface area contributed by atoms with Crippen molar-refractivity contribution in [1.29, 1.82) is 0 Å². The smallest absolute Gasteiger partial charge is 0.163 e. The monoisotopic (exact) mass is 280 g/mol. The largest absolute Gasteiger partial charge is 0.492 e. The molecule has 4 heteroatoms. The molecule has 2 rings (SSSR count). The van der Waals surface area contributed by atoms with E-state index in [-0.39, 0.29) is 5.78 Å². The van der Waals surface area contributed by atoms with Crippen LogP contribution in [0.2, 0.25) is 0 Å². The number of carbonyl (C=O) groups is 1. The van der Waals surface area contributed by atoms with Crippen molar-refractivity contribution in [2.24, 2.45) is 0 Å². The third-order valence-corrected chi connectivity index (χ3v) is 4.70. The van der Waals surface area contributed by atoms with Gasteiger partial charge in [0.2, 0.25) is 0 Å². The Labute approximate surface area is 118 Å². The van der Waals surface area contributed by atoms with Gasteiger partial charge in [-0.3, -0.25) is 4.79 Å². The summed E-state index contributed by atoms with van der Waals surface area (Å²) in [6, 6.07) is 7.40. The highest BCUT2D eigenvalue weighted by molar-refractivity contribution is 8.00. The molecule has 1 aliphatic rings.